The van der Waals surface area contributed by atoms with Crippen LogP contribution in [0.5, 0.6) is 0 Å². The van der Waals surface area contributed by atoms with Crippen LogP contribution in [0.2, 0.25) is 0 Å². The van der Waals surface area contributed by atoms with E-state index in [1.54, 1.807) is 12.1 Å². The Balaban J connectivity index is 2.61. The average molecular weight is 403 g/mol. The van der Waals surface area contributed by atoms with Gasteiger partial charge in [-0.1, -0.05) is 18.2 Å². The Morgan fingerprint density at radius 1 is 0.931 bits per heavy atom. The molecule has 11 heteroatoms. The number of anilines is 2. The second-order valence-corrected chi connectivity index (χ2v) is 5.47. The van der Waals surface area contributed by atoms with E-state index < -0.39 is 28.7 Å². The molecule has 2 rings (SSSR count). The molecular weight excluding hydrogens is 386 g/mol. The Kier molecular flexibility index (Phi) is 6.80. The average Bonchev–Trinajstić information content (AvgIpc) is 2.69. The number of hydrogen-bond acceptors (Lipinski definition) is 8. The lowest BCUT2D eigenvalue weighted by Gasteiger charge is -2.15. The summed E-state index contributed by atoms with van der Waals surface area (Å²) in [5, 5.41) is 16.2. The molecule has 29 heavy (non-hydrogen) atoms. The first-order valence-electron chi connectivity index (χ1n) is 8.46. The maximum atomic E-state index is 12.1. The zero-order chi connectivity index (χ0) is 21.6. The third kappa shape index (κ3) is 4.83. The van der Waals surface area contributed by atoms with Gasteiger partial charge in [0.25, 0.3) is 5.69 Å². The van der Waals surface area contributed by atoms with E-state index in [0.717, 1.165) is 6.07 Å². The summed E-state index contributed by atoms with van der Waals surface area (Å²) in [6.45, 7) is 2.91. The Labute approximate surface area is 164 Å². The summed E-state index contributed by atoms with van der Waals surface area (Å²) in [6.07, 6.45) is 0. The molecule has 2 amide bonds. The molecule has 0 atom stereocenters. The molecule has 0 fully saturated rings. The highest BCUT2D eigenvalue weighted by Gasteiger charge is 2.25. The zero-order valence-electron chi connectivity index (χ0n) is 15.5. The van der Waals surface area contributed by atoms with Crippen molar-refractivity contribution in [2.24, 2.45) is 0 Å². The number of hydrogen-bond donors (Lipinski definition) is 2. The van der Waals surface area contributed by atoms with Gasteiger partial charge in [0.2, 0.25) is 0 Å². The lowest BCUT2D eigenvalue weighted by Crippen LogP contribution is -2.28. The van der Waals surface area contributed by atoms with E-state index in [0.29, 0.717) is 0 Å². The first kappa shape index (κ1) is 21.3. The molecule has 2 N–H and O–H groups in total. The van der Waals surface area contributed by atoms with Gasteiger partial charge in [-0.3, -0.25) is 19.7 Å². The molecule has 0 unspecified atom stereocenters. The number of carbonyl (C=O) groups excluding carboxylic acids is 4. The fourth-order valence-electron chi connectivity index (χ4n) is 2.47. The van der Waals surface area contributed by atoms with Gasteiger partial charge in [-0.15, -0.1) is 0 Å². The predicted octanol–water partition coefficient (Wildman–Crippen LogP) is 1.75. The van der Waals surface area contributed by atoms with Gasteiger partial charge < -0.3 is 20.1 Å². The molecule has 152 valence electrons. The van der Waals surface area contributed by atoms with Crippen LogP contribution in [0.25, 0.3) is 10.8 Å². The van der Waals surface area contributed by atoms with Crippen molar-refractivity contribution in [3.05, 3.63) is 40.4 Å². The van der Waals surface area contributed by atoms with Gasteiger partial charge in [-0.2, -0.15) is 0 Å². The number of nitro benzene ring substituents is 1. The summed E-state index contributed by atoms with van der Waals surface area (Å²) in [5.74, 6) is -4.76. The molecule has 11 nitrogen and oxygen atoms in total. The van der Waals surface area contributed by atoms with Gasteiger partial charge >= 0.3 is 23.8 Å². The molecule has 0 bridgehead atoms. The van der Waals surface area contributed by atoms with E-state index in [1.165, 1.54) is 26.0 Å². The Hall–Kier alpha value is -4.02. The highest BCUT2D eigenvalue weighted by atomic mass is 16.6. The first-order chi connectivity index (χ1) is 13.8. The van der Waals surface area contributed by atoms with Crippen LogP contribution in [-0.2, 0) is 28.7 Å². The van der Waals surface area contributed by atoms with Crippen molar-refractivity contribution in [2.45, 2.75) is 13.8 Å². The van der Waals surface area contributed by atoms with Crippen LogP contribution in [0, 0.1) is 10.1 Å². The lowest BCUT2D eigenvalue weighted by atomic mass is 10.0. The van der Waals surface area contributed by atoms with Crippen LogP contribution in [-0.4, -0.2) is 41.9 Å². The Morgan fingerprint density at radius 3 is 1.97 bits per heavy atom. The molecule has 0 aromatic heterocycles. The molecule has 0 heterocycles. The van der Waals surface area contributed by atoms with Crippen LogP contribution >= 0.6 is 0 Å². The highest BCUT2D eigenvalue weighted by molar-refractivity contribution is 6.40. The van der Waals surface area contributed by atoms with Gasteiger partial charge in [-0.25, -0.2) is 9.59 Å². The van der Waals surface area contributed by atoms with Gasteiger partial charge in [0.1, 0.15) is 0 Å². The van der Waals surface area contributed by atoms with Crippen LogP contribution in [0.15, 0.2) is 30.3 Å². The number of nitrogens with zero attached hydrogens (tertiary/aromatic N) is 1. The fraction of sp³-hybridized carbons (Fsp3) is 0.222. The van der Waals surface area contributed by atoms with E-state index in [9.17, 15) is 29.3 Å². The number of amides is 2. The molecule has 0 radical (unpaired) electrons. The molecule has 0 aliphatic carbocycles. The molecule has 2 aromatic rings. The lowest BCUT2D eigenvalue weighted by molar-refractivity contribution is -0.383. The summed E-state index contributed by atoms with van der Waals surface area (Å²) in [7, 11) is 0. The van der Waals surface area contributed by atoms with Gasteiger partial charge in [0, 0.05) is 11.5 Å². The van der Waals surface area contributed by atoms with Crippen LogP contribution in [0.3, 0.4) is 0 Å². The number of ether oxygens (including phenoxy) is 2. The second-order valence-electron chi connectivity index (χ2n) is 5.47. The van der Waals surface area contributed by atoms with E-state index in [1.807, 2.05) is 0 Å². The number of rotatable bonds is 5. The normalized spacial score (nSPS) is 10.1. The minimum atomic E-state index is -1.22. The van der Waals surface area contributed by atoms with Crippen molar-refractivity contribution in [2.75, 3.05) is 23.8 Å². The summed E-state index contributed by atoms with van der Waals surface area (Å²) < 4.78 is 9.21. The van der Waals surface area contributed by atoms with Gasteiger partial charge in [0.05, 0.1) is 34.9 Å². The number of benzene rings is 2. The van der Waals surface area contributed by atoms with E-state index >= 15 is 0 Å². The Bertz CT molecular complexity index is 1000. The van der Waals surface area contributed by atoms with E-state index in [4.69, 9.17) is 0 Å². The molecule has 2 aromatic carbocycles. The third-order valence-electron chi connectivity index (χ3n) is 3.63. The summed E-state index contributed by atoms with van der Waals surface area (Å²) in [5.41, 5.74) is -0.748. The van der Waals surface area contributed by atoms with Crippen molar-refractivity contribution in [3.8, 4) is 0 Å². The van der Waals surface area contributed by atoms with Crippen molar-refractivity contribution < 1.29 is 33.6 Å². The molecule has 0 saturated heterocycles. The molecule has 0 saturated carbocycles. The van der Waals surface area contributed by atoms with E-state index in [-0.39, 0.29) is 41.0 Å². The number of carbonyl (C=O) groups is 4. The van der Waals surface area contributed by atoms with Crippen molar-refractivity contribution in [3.63, 3.8) is 0 Å². The summed E-state index contributed by atoms with van der Waals surface area (Å²) in [6, 6.07) is 6.94. The quantitative estimate of drug-likeness (QED) is 0.331. The minimum absolute atomic E-state index is 0.0420. The predicted molar refractivity (Wildman–Crippen MR) is 101 cm³/mol. The maximum Gasteiger partial charge on any atom is 0.397 e. The smallest absolute Gasteiger partial charge is 0.397 e. The number of esters is 2. The molecule has 0 aliphatic rings. The third-order valence-corrected chi connectivity index (χ3v) is 3.63. The maximum absolute atomic E-state index is 12.1. The SMILES string of the molecule is CCOC(=O)C(=O)Nc1cc([N+](=O)[O-])c2ccccc2c1NC(=O)C(=O)OCC. The monoisotopic (exact) mass is 403 g/mol. The fourth-order valence-corrected chi connectivity index (χ4v) is 2.47. The number of nitrogens with one attached hydrogen (secondary N) is 2. The van der Waals surface area contributed by atoms with Crippen molar-refractivity contribution in [1.82, 2.24) is 0 Å². The van der Waals surface area contributed by atoms with Crippen molar-refractivity contribution >= 4 is 51.6 Å². The highest BCUT2D eigenvalue weighted by Crippen LogP contribution is 2.38. The number of fused-ring (bicyclic) bond motifs is 1. The molecule has 0 aliphatic heterocycles. The van der Waals surface area contributed by atoms with Gasteiger partial charge in [0.15, 0.2) is 0 Å². The largest absolute Gasteiger partial charge is 0.459 e. The number of nitro groups is 1. The zero-order valence-corrected chi connectivity index (χ0v) is 15.5. The first-order valence-corrected chi connectivity index (χ1v) is 8.46. The minimum Gasteiger partial charge on any atom is -0.459 e. The number of non-ortho nitro benzene ring substituents is 1. The van der Waals surface area contributed by atoms with Crippen LogP contribution in [0.4, 0.5) is 17.1 Å². The standard InChI is InChI=1S/C18H17N3O8/c1-3-28-17(24)15(22)19-12-9-13(21(26)27)10-7-5-6-8-11(10)14(12)20-16(23)18(25)29-4-2/h5-9H,3-4H2,1-2H3,(H,19,22)(H,20,23). The van der Waals surface area contributed by atoms with Crippen molar-refractivity contribution in [1.29, 1.82) is 0 Å². The summed E-state index contributed by atoms with van der Waals surface area (Å²) in [4.78, 5) is 58.2. The second kappa shape index (κ2) is 9.26. The summed E-state index contributed by atoms with van der Waals surface area (Å²) >= 11 is 0. The molecule has 0 spiro atoms. The topological polar surface area (TPSA) is 154 Å². The Morgan fingerprint density at radius 2 is 1.45 bits per heavy atom. The van der Waals surface area contributed by atoms with Crippen LogP contribution < -0.4 is 10.6 Å². The molecular formula is C18H17N3O8. The van der Waals surface area contributed by atoms with E-state index in [2.05, 4.69) is 20.1 Å². The van der Waals surface area contributed by atoms with Gasteiger partial charge in [-0.05, 0) is 19.9 Å². The van der Waals surface area contributed by atoms with Crippen LogP contribution in [0.1, 0.15) is 13.8 Å².